The van der Waals surface area contributed by atoms with Crippen molar-refractivity contribution in [3.8, 4) is 0 Å². The Morgan fingerprint density at radius 3 is 2.47 bits per heavy atom. The van der Waals surface area contributed by atoms with Gasteiger partial charge in [-0.2, -0.15) is 4.31 Å². The number of hydrogen-bond acceptors (Lipinski definition) is 2. The summed E-state index contributed by atoms with van der Waals surface area (Å²) in [6.45, 7) is 1.23. The summed E-state index contributed by atoms with van der Waals surface area (Å²) in [5, 5.41) is 0. The second-order valence-electron chi connectivity index (χ2n) is 4.01. The number of hydrogen-bond donors (Lipinski definition) is 0. The van der Waals surface area contributed by atoms with Crippen LogP contribution in [0.1, 0.15) is 18.4 Å². The van der Waals surface area contributed by atoms with Crippen molar-refractivity contribution in [1.29, 1.82) is 0 Å². The Morgan fingerprint density at radius 1 is 1.29 bits per heavy atom. The average Bonchev–Trinajstić information content (AvgIpc) is 2.82. The Labute approximate surface area is 115 Å². The van der Waals surface area contributed by atoms with E-state index < -0.39 is 10.0 Å². The molecule has 0 unspecified atom stereocenters. The summed E-state index contributed by atoms with van der Waals surface area (Å²) < 4.78 is 26.8. The van der Waals surface area contributed by atoms with Gasteiger partial charge in [-0.3, -0.25) is 0 Å². The van der Waals surface area contributed by atoms with Gasteiger partial charge in [0.1, 0.15) is 0 Å². The molecule has 1 aliphatic rings. The molecule has 0 aliphatic carbocycles. The van der Waals surface area contributed by atoms with Crippen LogP contribution in [0.25, 0.3) is 0 Å². The van der Waals surface area contributed by atoms with Crippen LogP contribution < -0.4 is 0 Å². The molecular formula is C11H13BrClNO2S. The monoisotopic (exact) mass is 337 g/mol. The number of rotatable bonds is 3. The Morgan fingerprint density at radius 2 is 1.94 bits per heavy atom. The number of halogens is 2. The van der Waals surface area contributed by atoms with Gasteiger partial charge in [-0.25, -0.2) is 8.42 Å². The first-order valence-electron chi connectivity index (χ1n) is 5.40. The number of sulfonamides is 1. The lowest BCUT2D eigenvalue weighted by Gasteiger charge is -2.16. The fourth-order valence-corrected chi connectivity index (χ4v) is 4.67. The van der Waals surface area contributed by atoms with E-state index in [0.717, 1.165) is 18.4 Å². The zero-order chi connectivity index (χ0) is 12.5. The van der Waals surface area contributed by atoms with Gasteiger partial charge in [0.15, 0.2) is 0 Å². The smallest absolute Gasteiger partial charge is 0.207 e. The highest BCUT2D eigenvalue weighted by atomic mass is 79.9. The third-order valence-electron chi connectivity index (χ3n) is 2.83. The van der Waals surface area contributed by atoms with Crippen LogP contribution in [0.5, 0.6) is 0 Å². The Hall–Kier alpha value is -0.100. The van der Waals surface area contributed by atoms with Crippen LogP contribution in [0, 0.1) is 0 Å². The average molecular weight is 339 g/mol. The molecule has 0 amide bonds. The number of alkyl halides is 1. The second-order valence-corrected chi connectivity index (χ2v) is 7.04. The molecular weight excluding hydrogens is 326 g/mol. The van der Waals surface area contributed by atoms with E-state index in [1.54, 1.807) is 18.2 Å². The molecule has 3 nitrogen and oxygen atoms in total. The second kappa shape index (κ2) is 5.26. The van der Waals surface area contributed by atoms with Crippen LogP contribution in [0.15, 0.2) is 27.6 Å². The van der Waals surface area contributed by atoms with Crippen LogP contribution in [0.4, 0.5) is 0 Å². The summed E-state index contributed by atoms with van der Waals surface area (Å²) >= 11 is 9.02. The molecule has 1 heterocycles. The van der Waals surface area contributed by atoms with Crippen molar-refractivity contribution in [2.24, 2.45) is 0 Å². The Balaban J connectivity index is 2.39. The largest absolute Gasteiger partial charge is 0.244 e. The van der Waals surface area contributed by atoms with E-state index in [9.17, 15) is 8.42 Å². The molecule has 0 saturated carbocycles. The molecule has 0 radical (unpaired) electrons. The van der Waals surface area contributed by atoms with Gasteiger partial charge in [0.05, 0.1) is 4.90 Å². The van der Waals surface area contributed by atoms with Crippen LogP contribution in [0.3, 0.4) is 0 Å². The predicted octanol–water partition coefficient (Wildman–Crippen LogP) is 2.97. The molecule has 2 rings (SSSR count). The van der Waals surface area contributed by atoms with E-state index in [-0.39, 0.29) is 0 Å². The fourth-order valence-electron chi connectivity index (χ4n) is 1.90. The highest BCUT2D eigenvalue weighted by molar-refractivity contribution is 9.10. The molecule has 0 aromatic heterocycles. The minimum absolute atomic E-state index is 0.327. The van der Waals surface area contributed by atoms with Gasteiger partial charge in [-0.15, -0.1) is 11.6 Å². The Bertz CT molecular complexity index is 512. The topological polar surface area (TPSA) is 37.4 Å². The molecule has 1 aromatic rings. The van der Waals surface area contributed by atoms with E-state index in [2.05, 4.69) is 15.9 Å². The van der Waals surface area contributed by atoms with Crippen LogP contribution >= 0.6 is 27.5 Å². The standard InChI is InChI=1S/C11H13BrClNO2S/c12-10-7-9(8-13)3-4-11(10)17(15,16)14-5-1-2-6-14/h3-4,7H,1-2,5-6,8H2. The molecule has 17 heavy (non-hydrogen) atoms. The SMILES string of the molecule is O=S(=O)(c1ccc(CCl)cc1Br)N1CCCC1. The molecule has 6 heteroatoms. The molecule has 94 valence electrons. The summed E-state index contributed by atoms with van der Waals surface area (Å²) in [7, 11) is -3.35. The number of benzene rings is 1. The molecule has 1 aliphatic heterocycles. The van der Waals surface area contributed by atoms with Gasteiger partial charge < -0.3 is 0 Å². The maximum Gasteiger partial charge on any atom is 0.244 e. The molecule has 1 fully saturated rings. The fraction of sp³-hybridized carbons (Fsp3) is 0.455. The van der Waals surface area contributed by atoms with Crippen molar-refractivity contribution in [3.05, 3.63) is 28.2 Å². The van der Waals surface area contributed by atoms with Gasteiger partial charge in [0, 0.05) is 23.4 Å². The van der Waals surface area contributed by atoms with E-state index in [1.165, 1.54) is 4.31 Å². The normalized spacial score (nSPS) is 17.5. The molecule has 0 atom stereocenters. The Kier molecular flexibility index (Phi) is 4.13. The molecule has 0 spiro atoms. The first kappa shape index (κ1) is 13.3. The quantitative estimate of drug-likeness (QED) is 0.795. The summed E-state index contributed by atoms with van der Waals surface area (Å²) in [6.07, 6.45) is 1.88. The van der Waals surface area contributed by atoms with Crippen molar-refractivity contribution in [2.75, 3.05) is 13.1 Å². The number of nitrogens with zero attached hydrogens (tertiary/aromatic N) is 1. The molecule has 0 bridgehead atoms. The van der Waals surface area contributed by atoms with Crippen molar-refractivity contribution < 1.29 is 8.42 Å². The van der Waals surface area contributed by atoms with E-state index in [1.807, 2.05) is 0 Å². The van der Waals surface area contributed by atoms with Gasteiger partial charge in [-0.05, 0) is 46.5 Å². The minimum Gasteiger partial charge on any atom is -0.207 e. The lowest BCUT2D eigenvalue weighted by Crippen LogP contribution is -2.28. The van der Waals surface area contributed by atoms with Crippen LogP contribution in [0.2, 0.25) is 0 Å². The third kappa shape index (κ3) is 2.67. The summed E-state index contributed by atoms with van der Waals surface area (Å²) in [4.78, 5) is 0.327. The maximum atomic E-state index is 12.3. The molecule has 1 aromatic carbocycles. The van der Waals surface area contributed by atoms with Crippen LogP contribution in [-0.4, -0.2) is 25.8 Å². The summed E-state index contributed by atoms with van der Waals surface area (Å²) in [6, 6.07) is 5.13. The van der Waals surface area contributed by atoms with Gasteiger partial charge >= 0.3 is 0 Å². The van der Waals surface area contributed by atoms with Crippen molar-refractivity contribution in [1.82, 2.24) is 4.31 Å². The van der Waals surface area contributed by atoms with Crippen molar-refractivity contribution in [3.63, 3.8) is 0 Å². The third-order valence-corrected chi connectivity index (χ3v) is 6.02. The first-order valence-corrected chi connectivity index (χ1v) is 8.17. The maximum absolute atomic E-state index is 12.3. The minimum atomic E-state index is -3.35. The zero-order valence-corrected chi connectivity index (χ0v) is 12.4. The predicted molar refractivity (Wildman–Crippen MR) is 71.7 cm³/mol. The van der Waals surface area contributed by atoms with E-state index in [0.29, 0.717) is 28.3 Å². The summed E-state index contributed by atoms with van der Waals surface area (Å²) in [5.74, 6) is 0.378. The van der Waals surface area contributed by atoms with Crippen molar-refractivity contribution in [2.45, 2.75) is 23.6 Å². The highest BCUT2D eigenvalue weighted by Crippen LogP contribution is 2.28. The first-order chi connectivity index (χ1) is 8.05. The van der Waals surface area contributed by atoms with E-state index >= 15 is 0 Å². The van der Waals surface area contributed by atoms with E-state index in [4.69, 9.17) is 11.6 Å². The van der Waals surface area contributed by atoms with Gasteiger partial charge in [-0.1, -0.05) is 6.07 Å². The zero-order valence-electron chi connectivity index (χ0n) is 9.20. The highest BCUT2D eigenvalue weighted by Gasteiger charge is 2.28. The van der Waals surface area contributed by atoms with Crippen LogP contribution in [-0.2, 0) is 15.9 Å². The van der Waals surface area contributed by atoms with Gasteiger partial charge in [0.2, 0.25) is 10.0 Å². The molecule has 0 N–H and O–H groups in total. The molecule has 1 saturated heterocycles. The lowest BCUT2D eigenvalue weighted by atomic mass is 10.2. The summed E-state index contributed by atoms with van der Waals surface area (Å²) in [5.41, 5.74) is 0.902. The van der Waals surface area contributed by atoms with Gasteiger partial charge in [0.25, 0.3) is 0 Å². The van der Waals surface area contributed by atoms with Crippen molar-refractivity contribution >= 4 is 37.6 Å². The lowest BCUT2D eigenvalue weighted by molar-refractivity contribution is 0.477.